The first-order chi connectivity index (χ1) is 9.79. The molecule has 0 aliphatic heterocycles. The molecule has 0 aliphatic carbocycles. The van der Waals surface area contributed by atoms with Crippen molar-refractivity contribution in [2.45, 2.75) is 0 Å². The first kappa shape index (κ1) is 12.9. The van der Waals surface area contributed by atoms with E-state index in [-0.39, 0.29) is 0 Å². The van der Waals surface area contributed by atoms with Crippen molar-refractivity contribution in [3.63, 3.8) is 0 Å². The molecule has 3 nitrogen and oxygen atoms in total. The van der Waals surface area contributed by atoms with Gasteiger partial charge in [-0.05, 0) is 12.1 Å². The van der Waals surface area contributed by atoms with Crippen molar-refractivity contribution in [1.29, 1.82) is 0 Å². The molecule has 0 radical (unpaired) electrons. The van der Waals surface area contributed by atoms with Gasteiger partial charge in [-0.1, -0.05) is 69.3 Å². The van der Waals surface area contributed by atoms with Crippen LogP contribution in [0.25, 0.3) is 22.5 Å². The van der Waals surface area contributed by atoms with E-state index in [9.17, 15) is 0 Å². The van der Waals surface area contributed by atoms with Gasteiger partial charge in [0.25, 0.3) is 0 Å². The molecule has 0 fully saturated rings. The second kappa shape index (κ2) is 5.51. The summed E-state index contributed by atoms with van der Waals surface area (Å²) in [4.78, 5) is 6.88. The van der Waals surface area contributed by atoms with Gasteiger partial charge in [-0.25, -0.2) is 0 Å². The molecule has 100 valence electrons. The number of hydrogen-bond donors (Lipinski definition) is 0. The SMILES string of the molecule is COn1nc(-c2ccccc2Br)cc1-c1ccccc1. The molecule has 0 atom stereocenters. The van der Waals surface area contributed by atoms with Gasteiger partial charge in [-0.2, -0.15) is 0 Å². The first-order valence-electron chi connectivity index (χ1n) is 6.24. The Balaban J connectivity index is 2.13. The maximum Gasteiger partial charge on any atom is 0.110 e. The van der Waals surface area contributed by atoms with E-state index in [1.165, 1.54) is 0 Å². The smallest absolute Gasteiger partial charge is 0.110 e. The van der Waals surface area contributed by atoms with E-state index in [0.717, 1.165) is 27.0 Å². The molecule has 1 aromatic heterocycles. The van der Waals surface area contributed by atoms with E-state index in [1.807, 2.05) is 60.7 Å². The van der Waals surface area contributed by atoms with Crippen molar-refractivity contribution in [3.8, 4) is 22.5 Å². The molecule has 3 aromatic rings. The fourth-order valence-corrected chi connectivity index (χ4v) is 2.60. The summed E-state index contributed by atoms with van der Waals surface area (Å²) in [6.45, 7) is 0. The van der Waals surface area contributed by atoms with E-state index in [0.29, 0.717) is 0 Å². The third-order valence-corrected chi connectivity index (χ3v) is 3.76. The van der Waals surface area contributed by atoms with E-state index in [4.69, 9.17) is 4.84 Å². The maximum atomic E-state index is 5.33. The monoisotopic (exact) mass is 328 g/mol. The van der Waals surface area contributed by atoms with Crippen molar-refractivity contribution in [2.75, 3.05) is 7.11 Å². The maximum absolute atomic E-state index is 5.33. The molecular formula is C16H13BrN2O. The lowest BCUT2D eigenvalue weighted by Crippen LogP contribution is -2.09. The van der Waals surface area contributed by atoms with Crippen molar-refractivity contribution in [1.82, 2.24) is 9.94 Å². The minimum absolute atomic E-state index is 0.873. The third-order valence-electron chi connectivity index (χ3n) is 3.07. The van der Waals surface area contributed by atoms with Gasteiger partial charge < -0.3 is 4.84 Å². The highest BCUT2D eigenvalue weighted by Crippen LogP contribution is 2.30. The number of aromatic nitrogens is 2. The van der Waals surface area contributed by atoms with Crippen molar-refractivity contribution < 1.29 is 4.84 Å². The molecule has 0 amide bonds. The minimum atomic E-state index is 0.873. The standard InChI is InChI=1S/C16H13BrN2O/c1-20-19-16(12-7-3-2-4-8-12)11-15(18-19)13-9-5-6-10-14(13)17/h2-11H,1H3. The van der Waals surface area contributed by atoms with E-state index < -0.39 is 0 Å². The minimum Gasteiger partial charge on any atom is -0.399 e. The Labute approximate surface area is 125 Å². The number of hydrogen-bond acceptors (Lipinski definition) is 2. The number of benzene rings is 2. The van der Waals surface area contributed by atoms with Crippen LogP contribution in [0.2, 0.25) is 0 Å². The van der Waals surface area contributed by atoms with Gasteiger partial charge in [0.2, 0.25) is 0 Å². The highest BCUT2D eigenvalue weighted by Gasteiger charge is 2.13. The van der Waals surface area contributed by atoms with Crippen LogP contribution < -0.4 is 4.84 Å². The molecule has 3 rings (SSSR count). The average molecular weight is 329 g/mol. The predicted octanol–water partition coefficient (Wildman–Crippen LogP) is 4.04. The topological polar surface area (TPSA) is 27.1 Å². The average Bonchev–Trinajstić information content (AvgIpc) is 2.92. The van der Waals surface area contributed by atoms with Gasteiger partial charge in [0.1, 0.15) is 12.8 Å². The molecule has 2 aromatic carbocycles. The van der Waals surface area contributed by atoms with Crippen LogP contribution in [0.5, 0.6) is 0 Å². The second-order valence-corrected chi connectivity index (χ2v) is 5.17. The summed E-state index contributed by atoms with van der Waals surface area (Å²) in [5.41, 5.74) is 3.91. The van der Waals surface area contributed by atoms with Gasteiger partial charge in [0.05, 0.1) is 5.69 Å². The van der Waals surface area contributed by atoms with Crippen LogP contribution in [0.3, 0.4) is 0 Å². The second-order valence-electron chi connectivity index (χ2n) is 4.32. The highest BCUT2D eigenvalue weighted by molar-refractivity contribution is 9.10. The fourth-order valence-electron chi connectivity index (χ4n) is 2.11. The Bertz CT molecular complexity index is 722. The Morgan fingerprint density at radius 3 is 2.40 bits per heavy atom. The Kier molecular flexibility index (Phi) is 3.56. The molecule has 20 heavy (non-hydrogen) atoms. The van der Waals surface area contributed by atoms with Crippen LogP contribution in [0, 0.1) is 0 Å². The van der Waals surface area contributed by atoms with E-state index >= 15 is 0 Å². The summed E-state index contributed by atoms with van der Waals surface area (Å²) in [5.74, 6) is 0. The van der Waals surface area contributed by atoms with Gasteiger partial charge in [0, 0.05) is 15.6 Å². The lowest BCUT2D eigenvalue weighted by molar-refractivity contribution is 0.139. The van der Waals surface area contributed by atoms with Crippen molar-refractivity contribution >= 4 is 15.9 Å². The van der Waals surface area contributed by atoms with Crippen LogP contribution in [0.15, 0.2) is 65.1 Å². The van der Waals surface area contributed by atoms with Crippen molar-refractivity contribution in [3.05, 3.63) is 65.1 Å². The zero-order valence-electron chi connectivity index (χ0n) is 11.0. The largest absolute Gasteiger partial charge is 0.399 e. The van der Waals surface area contributed by atoms with Crippen LogP contribution >= 0.6 is 15.9 Å². The normalized spacial score (nSPS) is 10.5. The quantitative estimate of drug-likeness (QED) is 0.725. The number of nitrogens with zero attached hydrogens (tertiary/aromatic N) is 2. The van der Waals surface area contributed by atoms with Crippen LogP contribution in [-0.4, -0.2) is 17.1 Å². The molecular weight excluding hydrogens is 316 g/mol. The molecule has 0 spiro atoms. The summed E-state index contributed by atoms with van der Waals surface area (Å²) < 4.78 is 1.01. The number of rotatable bonds is 3. The Morgan fingerprint density at radius 2 is 1.70 bits per heavy atom. The molecule has 0 saturated carbocycles. The van der Waals surface area contributed by atoms with Gasteiger partial charge in [0.15, 0.2) is 0 Å². The Hall–Kier alpha value is -2.07. The third kappa shape index (κ3) is 2.34. The molecule has 0 unspecified atom stereocenters. The van der Waals surface area contributed by atoms with Crippen molar-refractivity contribution in [2.24, 2.45) is 0 Å². The Morgan fingerprint density at radius 1 is 1.00 bits per heavy atom. The summed E-state index contributed by atoms with van der Waals surface area (Å²) >= 11 is 3.55. The molecule has 0 saturated heterocycles. The van der Waals surface area contributed by atoms with Crippen LogP contribution in [0.1, 0.15) is 0 Å². The van der Waals surface area contributed by atoms with E-state index in [2.05, 4.69) is 21.0 Å². The molecule has 0 bridgehead atoms. The van der Waals surface area contributed by atoms with Gasteiger partial charge in [-0.3, -0.25) is 0 Å². The summed E-state index contributed by atoms with van der Waals surface area (Å²) in [6.07, 6.45) is 0. The molecule has 4 heteroatoms. The first-order valence-corrected chi connectivity index (χ1v) is 7.04. The lowest BCUT2D eigenvalue weighted by Gasteiger charge is -2.03. The summed E-state index contributed by atoms with van der Waals surface area (Å²) in [6, 6.07) is 20.1. The summed E-state index contributed by atoms with van der Waals surface area (Å²) in [7, 11) is 1.61. The molecule has 0 N–H and O–H groups in total. The predicted molar refractivity (Wildman–Crippen MR) is 83.3 cm³/mol. The zero-order valence-corrected chi connectivity index (χ0v) is 12.5. The lowest BCUT2D eigenvalue weighted by atomic mass is 10.1. The fraction of sp³-hybridized carbons (Fsp3) is 0.0625. The highest BCUT2D eigenvalue weighted by atomic mass is 79.9. The number of halogens is 1. The van der Waals surface area contributed by atoms with Gasteiger partial charge in [-0.15, -0.1) is 5.10 Å². The summed E-state index contributed by atoms with van der Waals surface area (Å²) in [5, 5.41) is 4.50. The van der Waals surface area contributed by atoms with Gasteiger partial charge >= 0.3 is 0 Å². The van der Waals surface area contributed by atoms with Crippen LogP contribution in [0.4, 0.5) is 0 Å². The zero-order chi connectivity index (χ0) is 13.9. The van der Waals surface area contributed by atoms with Crippen LogP contribution in [-0.2, 0) is 0 Å². The molecule has 1 heterocycles. The van der Waals surface area contributed by atoms with E-state index in [1.54, 1.807) is 12.0 Å². The molecule has 0 aliphatic rings.